The van der Waals surface area contributed by atoms with Crippen molar-refractivity contribution in [1.29, 1.82) is 0 Å². The fourth-order valence-electron chi connectivity index (χ4n) is 2.77. The first kappa shape index (κ1) is 13.5. The molecule has 0 unspecified atom stereocenters. The molecular formula is C12H21N3O2S. The van der Waals surface area contributed by atoms with E-state index in [1.807, 2.05) is 19.0 Å². The summed E-state index contributed by atoms with van der Waals surface area (Å²) in [6.45, 7) is 0. The third-order valence-corrected chi connectivity index (χ3v) is 5.46. The molecule has 0 N–H and O–H groups in total. The molecular weight excluding hydrogens is 250 g/mol. The first-order valence-electron chi connectivity index (χ1n) is 6.30. The Hall–Kier alpha value is -0.880. The standard InChI is InChI=1S/C12H21N3O2S/c1-14(2)10-13-11-9-18(16,17)15(3)12(11)7-5-4-6-8-12/h9-10H,4-8H2,1-3H3. The van der Waals surface area contributed by atoms with E-state index >= 15 is 0 Å². The van der Waals surface area contributed by atoms with E-state index in [1.54, 1.807) is 13.4 Å². The van der Waals surface area contributed by atoms with Gasteiger partial charge in [-0.2, -0.15) is 4.31 Å². The summed E-state index contributed by atoms with van der Waals surface area (Å²) < 4.78 is 25.6. The van der Waals surface area contributed by atoms with Gasteiger partial charge in [-0.15, -0.1) is 0 Å². The molecule has 102 valence electrons. The number of likely N-dealkylation sites (N-methyl/N-ethyl adjacent to an activating group) is 1. The molecule has 1 fully saturated rings. The minimum Gasteiger partial charge on any atom is -0.369 e. The van der Waals surface area contributed by atoms with Crippen LogP contribution in [0.25, 0.3) is 0 Å². The van der Waals surface area contributed by atoms with Crippen molar-refractivity contribution >= 4 is 16.4 Å². The van der Waals surface area contributed by atoms with Gasteiger partial charge in [-0.05, 0) is 12.8 Å². The van der Waals surface area contributed by atoms with Crippen molar-refractivity contribution < 1.29 is 8.42 Å². The molecule has 0 aromatic rings. The predicted octanol–water partition coefficient (Wildman–Crippen LogP) is 1.40. The van der Waals surface area contributed by atoms with Crippen LogP contribution in [0, 0.1) is 0 Å². The fourth-order valence-corrected chi connectivity index (χ4v) is 4.25. The normalized spacial score (nSPS) is 26.7. The quantitative estimate of drug-likeness (QED) is 0.563. The van der Waals surface area contributed by atoms with Gasteiger partial charge in [0.25, 0.3) is 0 Å². The highest BCUT2D eigenvalue weighted by Crippen LogP contribution is 2.45. The van der Waals surface area contributed by atoms with Crippen LogP contribution in [0.5, 0.6) is 0 Å². The highest BCUT2D eigenvalue weighted by atomic mass is 32.2. The van der Waals surface area contributed by atoms with Gasteiger partial charge < -0.3 is 4.90 Å². The molecule has 0 amide bonds. The van der Waals surface area contributed by atoms with Gasteiger partial charge in [0, 0.05) is 21.1 Å². The lowest BCUT2D eigenvalue weighted by Gasteiger charge is -2.39. The summed E-state index contributed by atoms with van der Waals surface area (Å²) >= 11 is 0. The van der Waals surface area contributed by atoms with Gasteiger partial charge in [0.1, 0.15) is 0 Å². The molecule has 1 spiro atoms. The maximum atomic E-state index is 12.1. The number of aliphatic imine (C=N–C) groups is 1. The zero-order valence-corrected chi connectivity index (χ0v) is 12.1. The summed E-state index contributed by atoms with van der Waals surface area (Å²) in [5.41, 5.74) is 0.294. The summed E-state index contributed by atoms with van der Waals surface area (Å²) in [6.07, 6.45) is 6.74. The van der Waals surface area contributed by atoms with E-state index in [1.165, 1.54) is 16.1 Å². The van der Waals surface area contributed by atoms with E-state index in [9.17, 15) is 8.42 Å². The van der Waals surface area contributed by atoms with Gasteiger partial charge in [0.2, 0.25) is 10.0 Å². The van der Waals surface area contributed by atoms with E-state index in [0.29, 0.717) is 5.70 Å². The lowest BCUT2D eigenvalue weighted by Crippen LogP contribution is -2.46. The number of hydrogen-bond acceptors (Lipinski definition) is 3. The minimum absolute atomic E-state index is 0.399. The molecule has 0 bridgehead atoms. The number of nitrogens with zero attached hydrogens (tertiary/aromatic N) is 3. The molecule has 1 aliphatic heterocycles. The van der Waals surface area contributed by atoms with Crippen LogP contribution in [-0.2, 0) is 10.0 Å². The number of hydrogen-bond donors (Lipinski definition) is 0. The average Bonchev–Trinajstić information content (AvgIpc) is 2.50. The fraction of sp³-hybridized carbons (Fsp3) is 0.750. The van der Waals surface area contributed by atoms with Gasteiger partial charge in [0.15, 0.2) is 0 Å². The first-order valence-corrected chi connectivity index (χ1v) is 7.81. The molecule has 0 atom stereocenters. The van der Waals surface area contributed by atoms with Crippen molar-refractivity contribution in [3.63, 3.8) is 0 Å². The third kappa shape index (κ3) is 2.19. The Kier molecular flexibility index (Phi) is 3.51. The Morgan fingerprint density at radius 3 is 2.50 bits per heavy atom. The Morgan fingerprint density at radius 2 is 1.94 bits per heavy atom. The smallest absolute Gasteiger partial charge is 0.238 e. The van der Waals surface area contributed by atoms with E-state index in [0.717, 1.165) is 25.7 Å². The summed E-state index contributed by atoms with van der Waals surface area (Å²) in [5.74, 6) is 0. The summed E-state index contributed by atoms with van der Waals surface area (Å²) in [7, 11) is 2.14. The minimum atomic E-state index is -3.29. The second-order valence-corrected chi connectivity index (χ2v) is 7.13. The van der Waals surface area contributed by atoms with Gasteiger partial charge >= 0.3 is 0 Å². The van der Waals surface area contributed by atoms with Crippen molar-refractivity contribution in [2.45, 2.75) is 37.6 Å². The lowest BCUT2D eigenvalue weighted by molar-refractivity contribution is 0.199. The monoisotopic (exact) mass is 271 g/mol. The van der Waals surface area contributed by atoms with Crippen molar-refractivity contribution in [2.75, 3.05) is 21.1 Å². The van der Waals surface area contributed by atoms with Crippen LogP contribution in [0.1, 0.15) is 32.1 Å². The highest BCUT2D eigenvalue weighted by Gasteiger charge is 2.49. The average molecular weight is 271 g/mol. The van der Waals surface area contributed by atoms with Crippen LogP contribution in [0.4, 0.5) is 0 Å². The molecule has 18 heavy (non-hydrogen) atoms. The molecule has 1 heterocycles. The zero-order valence-electron chi connectivity index (χ0n) is 11.3. The van der Waals surface area contributed by atoms with Crippen molar-refractivity contribution in [3.8, 4) is 0 Å². The molecule has 1 aliphatic carbocycles. The maximum Gasteiger partial charge on any atom is 0.238 e. The SMILES string of the molecule is CN(C)C=NC1=CS(=O)(=O)N(C)C12CCCCC2. The molecule has 1 saturated carbocycles. The Morgan fingerprint density at radius 1 is 1.33 bits per heavy atom. The molecule has 5 nitrogen and oxygen atoms in total. The molecule has 0 aromatic carbocycles. The molecule has 2 rings (SSSR count). The van der Waals surface area contributed by atoms with Crippen molar-refractivity contribution in [3.05, 3.63) is 11.1 Å². The molecule has 6 heteroatoms. The Balaban J connectivity index is 2.39. The maximum absolute atomic E-state index is 12.1. The Bertz CT molecular complexity index is 474. The number of rotatable bonds is 2. The van der Waals surface area contributed by atoms with Crippen molar-refractivity contribution in [2.24, 2.45) is 4.99 Å². The zero-order chi connectivity index (χ0) is 13.4. The second-order valence-electron chi connectivity index (χ2n) is 5.32. The molecule has 0 saturated heterocycles. The number of sulfonamides is 1. The van der Waals surface area contributed by atoms with Crippen LogP contribution in [0.3, 0.4) is 0 Å². The van der Waals surface area contributed by atoms with Crippen LogP contribution in [0.15, 0.2) is 16.1 Å². The largest absolute Gasteiger partial charge is 0.369 e. The highest BCUT2D eigenvalue weighted by molar-refractivity contribution is 7.92. The summed E-state index contributed by atoms with van der Waals surface area (Å²) in [6, 6.07) is 0. The third-order valence-electron chi connectivity index (χ3n) is 3.83. The van der Waals surface area contributed by atoms with Crippen LogP contribution < -0.4 is 0 Å². The predicted molar refractivity (Wildman–Crippen MR) is 72.8 cm³/mol. The Labute approximate surface area is 109 Å². The summed E-state index contributed by atoms with van der Waals surface area (Å²) in [5, 5.41) is 1.33. The van der Waals surface area contributed by atoms with Crippen LogP contribution in [0.2, 0.25) is 0 Å². The molecule has 2 aliphatic rings. The molecule has 0 aromatic heterocycles. The van der Waals surface area contributed by atoms with E-state index in [4.69, 9.17) is 0 Å². The first-order chi connectivity index (χ1) is 8.38. The van der Waals surface area contributed by atoms with Gasteiger partial charge in [-0.1, -0.05) is 19.3 Å². The van der Waals surface area contributed by atoms with E-state index in [2.05, 4.69) is 4.99 Å². The van der Waals surface area contributed by atoms with Gasteiger partial charge in [0.05, 0.1) is 23.0 Å². The second kappa shape index (κ2) is 4.66. The van der Waals surface area contributed by atoms with Gasteiger partial charge in [-0.3, -0.25) is 0 Å². The van der Waals surface area contributed by atoms with E-state index < -0.39 is 15.6 Å². The topological polar surface area (TPSA) is 53.0 Å². The van der Waals surface area contributed by atoms with Crippen LogP contribution in [-0.4, -0.2) is 50.6 Å². The summed E-state index contributed by atoms with van der Waals surface area (Å²) in [4.78, 5) is 6.21. The van der Waals surface area contributed by atoms with E-state index in [-0.39, 0.29) is 0 Å². The van der Waals surface area contributed by atoms with Crippen LogP contribution >= 0.6 is 0 Å². The lowest BCUT2D eigenvalue weighted by atomic mass is 9.80. The van der Waals surface area contributed by atoms with Crippen molar-refractivity contribution in [1.82, 2.24) is 9.21 Å². The van der Waals surface area contributed by atoms with Gasteiger partial charge in [-0.25, -0.2) is 13.4 Å². The molecule has 0 radical (unpaired) electrons.